The van der Waals surface area contributed by atoms with Gasteiger partial charge in [0, 0.05) is 25.7 Å². The minimum atomic E-state index is -4.98. The Labute approximate surface area is 646 Å². The van der Waals surface area contributed by atoms with Gasteiger partial charge in [0.15, 0.2) is 12.2 Å². The SMILES string of the molecule is CC/C=C\C/C=C\C/C=C\C/C=C\CCCCCCCCC(=O)OCC(COP(=O)(O)OCC(O)COP(=O)(O)OCC(COC(=O)CCCCCCCC/C=C\C/C=C\C/C=C\CCCCC)OC(=O)CCCCCCC/C=C\CCCCCCCC)OC(=O)CCCCCCCCCCCCCCC. The molecule has 0 aromatic carbocycles. The fourth-order valence-corrected chi connectivity index (χ4v) is 13.1. The van der Waals surface area contributed by atoms with E-state index in [1.807, 2.05) is 0 Å². The molecule has 0 fully saturated rings. The lowest BCUT2D eigenvalue weighted by atomic mass is 10.0. The number of aliphatic hydroxyl groups excluding tert-OH is 1. The molecule has 0 radical (unpaired) electrons. The van der Waals surface area contributed by atoms with E-state index in [-0.39, 0.29) is 25.7 Å². The van der Waals surface area contributed by atoms with Crippen LogP contribution in [0.2, 0.25) is 0 Å². The zero-order valence-corrected chi connectivity index (χ0v) is 69.1. The number of unbranched alkanes of at least 4 members (excludes halogenated alkanes) is 38. The second-order valence-corrected chi connectivity index (χ2v) is 31.3. The standard InChI is InChI=1S/C87H154O17P2/c1-5-9-13-17-21-25-29-33-36-38-40-42-45-48-51-55-59-63-67-71-84(89)97-77-82(103-86(91)73-69-65-61-57-53-47-32-28-24-20-16-12-8-4)79-101-105(93,94)99-75-81(88)76-100-106(95,96)102-80-83(104-87(92)74-70-66-62-58-54-50-44-35-31-27-23-19-15-11-7-3)78-98-85(90)72-68-64-60-56-52-49-46-43-41-39-37-34-30-26-22-18-14-10-6-2/h9,13,21-22,25-26,33-37,40-44,81-83,88H,5-8,10-12,14-20,23-24,27-32,38-39,45-80H2,1-4H3,(H,93,94)(H,95,96)/b13-9-,25-21-,26-22-,36-33-,37-34-,42-40-,43-41-,44-35-. The molecule has 0 aromatic heterocycles. The molecule has 0 aliphatic carbocycles. The normalized spacial score (nSPS) is 14.3. The summed E-state index contributed by atoms with van der Waals surface area (Å²) in [6.07, 6.45) is 85.1. The largest absolute Gasteiger partial charge is 0.472 e. The van der Waals surface area contributed by atoms with E-state index < -0.39 is 97.5 Å². The lowest BCUT2D eigenvalue weighted by Gasteiger charge is -2.21. The Bertz CT molecular complexity index is 2380. The van der Waals surface area contributed by atoms with Crippen LogP contribution < -0.4 is 0 Å². The summed E-state index contributed by atoms with van der Waals surface area (Å²) in [5.74, 6) is -2.19. The van der Waals surface area contributed by atoms with Crippen molar-refractivity contribution in [3.63, 3.8) is 0 Å². The van der Waals surface area contributed by atoms with Crippen LogP contribution >= 0.6 is 15.6 Å². The highest BCUT2D eigenvalue weighted by Crippen LogP contribution is 2.45. The van der Waals surface area contributed by atoms with Crippen molar-refractivity contribution in [3.8, 4) is 0 Å². The van der Waals surface area contributed by atoms with Crippen LogP contribution in [0.5, 0.6) is 0 Å². The van der Waals surface area contributed by atoms with Crippen molar-refractivity contribution in [3.05, 3.63) is 97.2 Å². The lowest BCUT2D eigenvalue weighted by molar-refractivity contribution is -0.161. The number of carbonyl (C=O) groups is 4. The lowest BCUT2D eigenvalue weighted by Crippen LogP contribution is -2.30. The van der Waals surface area contributed by atoms with Crippen molar-refractivity contribution >= 4 is 39.5 Å². The van der Waals surface area contributed by atoms with E-state index in [9.17, 15) is 43.2 Å². The molecule has 0 saturated carbocycles. The van der Waals surface area contributed by atoms with Crippen molar-refractivity contribution in [1.82, 2.24) is 0 Å². The van der Waals surface area contributed by atoms with E-state index in [0.717, 1.165) is 186 Å². The smallest absolute Gasteiger partial charge is 0.462 e. The van der Waals surface area contributed by atoms with Gasteiger partial charge in [-0.05, 0) is 128 Å². The summed E-state index contributed by atoms with van der Waals surface area (Å²) in [5, 5.41) is 10.7. The molecular formula is C87H154O17P2. The second kappa shape index (κ2) is 79.1. The first-order valence-corrected chi connectivity index (χ1v) is 45.5. The molecule has 0 heterocycles. The Hall–Kier alpha value is -4.02. The molecule has 0 aliphatic heterocycles. The minimum absolute atomic E-state index is 0.0835. The molecule has 0 aromatic rings. The Balaban J connectivity index is 5.35. The molecule has 3 N–H and O–H groups in total. The van der Waals surface area contributed by atoms with Crippen LogP contribution in [0.15, 0.2) is 97.2 Å². The number of hydrogen-bond donors (Lipinski definition) is 3. The Kier molecular flexibility index (Phi) is 76.1. The minimum Gasteiger partial charge on any atom is -0.462 e. The predicted molar refractivity (Wildman–Crippen MR) is 436 cm³/mol. The van der Waals surface area contributed by atoms with Gasteiger partial charge in [-0.2, -0.15) is 0 Å². The highest BCUT2D eigenvalue weighted by molar-refractivity contribution is 7.47. The molecule has 0 saturated heterocycles. The topological polar surface area (TPSA) is 237 Å². The summed E-state index contributed by atoms with van der Waals surface area (Å²) in [4.78, 5) is 73.2. The monoisotopic (exact) mass is 1530 g/mol. The first kappa shape index (κ1) is 102. The number of hydrogen-bond acceptors (Lipinski definition) is 15. The van der Waals surface area contributed by atoms with Gasteiger partial charge in [0.1, 0.15) is 19.3 Å². The third kappa shape index (κ3) is 78.1. The second-order valence-electron chi connectivity index (χ2n) is 28.4. The quantitative estimate of drug-likeness (QED) is 0.0169. The van der Waals surface area contributed by atoms with Crippen LogP contribution in [0.4, 0.5) is 0 Å². The van der Waals surface area contributed by atoms with Crippen LogP contribution in [0.25, 0.3) is 0 Å². The van der Waals surface area contributed by atoms with Gasteiger partial charge in [0.25, 0.3) is 0 Å². The van der Waals surface area contributed by atoms with E-state index in [4.69, 9.17) is 37.0 Å². The molecule has 0 rings (SSSR count). The zero-order chi connectivity index (χ0) is 77.4. The van der Waals surface area contributed by atoms with Gasteiger partial charge in [-0.1, -0.05) is 318 Å². The highest BCUT2D eigenvalue weighted by Gasteiger charge is 2.30. The van der Waals surface area contributed by atoms with Gasteiger partial charge in [0.2, 0.25) is 0 Å². The fourth-order valence-electron chi connectivity index (χ4n) is 11.6. The molecule has 614 valence electrons. The number of phosphoric acid groups is 2. The summed E-state index contributed by atoms with van der Waals surface area (Å²) in [5.41, 5.74) is 0. The molecule has 0 amide bonds. The highest BCUT2D eigenvalue weighted by atomic mass is 31.2. The Morgan fingerprint density at radius 2 is 0.491 bits per heavy atom. The third-order valence-electron chi connectivity index (χ3n) is 18.0. The summed E-state index contributed by atoms with van der Waals surface area (Å²) in [7, 11) is -9.96. The van der Waals surface area contributed by atoms with Crippen molar-refractivity contribution in [2.24, 2.45) is 0 Å². The summed E-state index contributed by atoms with van der Waals surface area (Å²) in [6.45, 7) is 4.76. The van der Waals surface area contributed by atoms with Crippen LogP contribution in [-0.4, -0.2) is 96.7 Å². The Morgan fingerprint density at radius 1 is 0.274 bits per heavy atom. The van der Waals surface area contributed by atoms with E-state index in [0.29, 0.717) is 25.7 Å². The average Bonchev–Trinajstić information content (AvgIpc) is 0.901. The molecule has 5 unspecified atom stereocenters. The zero-order valence-electron chi connectivity index (χ0n) is 67.3. The summed E-state index contributed by atoms with van der Waals surface area (Å²) >= 11 is 0. The maximum absolute atomic E-state index is 13.1. The summed E-state index contributed by atoms with van der Waals surface area (Å²) in [6, 6.07) is 0. The van der Waals surface area contributed by atoms with Crippen molar-refractivity contribution < 1.29 is 80.2 Å². The van der Waals surface area contributed by atoms with Gasteiger partial charge in [-0.15, -0.1) is 0 Å². The molecule has 0 aliphatic rings. The first-order chi connectivity index (χ1) is 51.7. The average molecular weight is 1530 g/mol. The molecule has 106 heavy (non-hydrogen) atoms. The number of aliphatic hydroxyl groups is 1. The number of esters is 4. The number of phosphoric ester groups is 2. The Morgan fingerprint density at radius 3 is 0.783 bits per heavy atom. The van der Waals surface area contributed by atoms with Crippen molar-refractivity contribution in [2.45, 2.75) is 393 Å². The van der Waals surface area contributed by atoms with Crippen LogP contribution in [0.1, 0.15) is 374 Å². The van der Waals surface area contributed by atoms with Crippen molar-refractivity contribution in [2.75, 3.05) is 39.6 Å². The molecule has 0 bridgehead atoms. The molecule has 0 spiro atoms. The van der Waals surface area contributed by atoms with E-state index >= 15 is 0 Å². The van der Waals surface area contributed by atoms with Gasteiger partial charge >= 0.3 is 39.5 Å². The molecule has 5 atom stereocenters. The molecular weight excluding hydrogens is 1380 g/mol. The van der Waals surface area contributed by atoms with E-state index in [1.165, 1.54) is 109 Å². The van der Waals surface area contributed by atoms with Crippen LogP contribution in [0, 0.1) is 0 Å². The van der Waals surface area contributed by atoms with Gasteiger partial charge in [-0.25, -0.2) is 9.13 Å². The number of carbonyl (C=O) groups excluding carboxylic acids is 4. The predicted octanol–water partition coefficient (Wildman–Crippen LogP) is 25.1. The van der Waals surface area contributed by atoms with Gasteiger partial charge < -0.3 is 33.8 Å². The first-order valence-electron chi connectivity index (χ1n) is 42.5. The maximum Gasteiger partial charge on any atom is 0.472 e. The number of ether oxygens (including phenoxy) is 4. The van der Waals surface area contributed by atoms with Crippen LogP contribution in [-0.2, 0) is 65.4 Å². The third-order valence-corrected chi connectivity index (χ3v) is 19.9. The summed E-state index contributed by atoms with van der Waals surface area (Å²) < 4.78 is 68.8. The number of allylic oxidation sites excluding steroid dienone is 16. The molecule has 19 heteroatoms. The van der Waals surface area contributed by atoms with E-state index in [2.05, 4.69) is 125 Å². The fraction of sp³-hybridized carbons (Fsp3) is 0.770. The van der Waals surface area contributed by atoms with Gasteiger partial charge in [-0.3, -0.25) is 37.3 Å². The van der Waals surface area contributed by atoms with E-state index in [1.54, 1.807) is 0 Å². The van der Waals surface area contributed by atoms with Crippen LogP contribution in [0.3, 0.4) is 0 Å². The maximum atomic E-state index is 13.1. The van der Waals surface area contributed by atoms with Crippen molar-refractivity contribution in [1.29, 1.82) is 0 Å². The van der Waals surface area contributed by atoms with Gasteiger partial charge in [0.05, 0.1) is 26.4 Å². The molecule has 17 nitrogen and oxygen atoms in total. The number of rotatable bonds is 80.